The third kappa shape index (κ3) is 5.99. The van der Waals surface area contributed by atoms with E-state index < -0.39 is 0 Å². The second kappa shape index (κ2) is 13.5. The highest BCUT2D eigenvalue weighted by molar-refractivity contribution is 6.04. The van der Waals surface area contributed by atoms with Crippen LogP contribution in [0.2, 0.25) is 0 Å². The van der Waals surface area contributed by atoms with Crippen LogP contribution in [0.15, 0.2) is 189 Å². The van der Waals surface area contributed by atoms with Crippen molar-refractivity contribution in [2.45, 2.75) is 6.61 Å². The van der Waals surface area contributed by atoms with Crippen LogP contribution >= 0.6 is 0 Å². The number of anilines is 3. The number of hydrogen-bond donors (Lipinski definition) is 0. The zero-order valence-corrected chi connectivity index (χ0v) is 28.6. The van der Waals surface area contributed by atoms with E-state index in [-0.39, 0.29) is 0 Å². The highest BCUT2D eigenvalue weighted by atomic mass is 16.5. The fourth-order valence-electron chi connectivity index (χ4n) is 7.04. The molecule has 0 bridgehead atoms. The van der Waals surface area contributed by atoms with E-state index in [4.69, 9.17) is 9.47 Å². The zero-order valence-electron chi connectivity index (χ0n) is 28.6. The van der Waals surface area contributed by atoms with Crippen LogP contribution in [0.1, 0.15) is 11.1 Å². The summed E-state index contributed by atoms with van der Waals surface area (Å²) in [5, 5.41) is 2.35. The van der Waals surface area contributed by atoms with Crippen molar-refractivity contribution in [3.63, 3.8) is 0 Å². The van der Waals surface area contributed by atoms with Gasteiger partial charge < -0.3 is 14.4 Å². The Morgan fingerprint density at radius 1 is 0.500 bits per heavy atom. The molecule has 1 aliphatic rings. The molecule has 0 aliphatic carbocycles. The number of fused-ring (bicyclic) bond motifs is 2. The van der Waals surface area contributed by atoms with E-state index >= 15 is 0 Å². The summed E-state index contributed by atoms with van der Waals surface area (Å²) in [5.41, 5.74) is 12.4. The summed E-state index contributed by atoms with van der Waals surface area (Å²) in [5.74, 6) is 2.61. The Morgan fingerprint density at radius 3 is 1.77 bits per heavy atom. The van der Waals surface area contributed by atoms with Gasteiger partial charge in [-0.05, 0) is 111 Å². The van der Waals surface area contributed by atoms with E-state index in [9.17, 15) is 0 Å². The number of rotatable bonds is 9. The van der Waals surface area contributed by atoms with Gasteiger partial charge >= 0.3 is 0 Å². The zero-order chi connectivity index (χ0) is 34.9. The van der Waals surface area contributed by atoms with Gasteiger partial charge in [0.1, 0.15) is 23.9 Å². The van der Waals surface area contributed by atoms with Gasteiger partial charge in [0, 0.05) is 28.0 Å². The lowest BCUT2D eigenvalue weighted by Gasteiger charge is -2.26. The van der Waals surface area contributed by atoms with E-state index in [0.717, 1.165) is 67.5 Å². The van der Waals surface area contributed by atoms with E-state index in [1.54, 1.807) is 0 Å². The number of benzene rings is 8. The molecule has 52 heavy (non-hydrogen) atoms. The maximum absolute atomic E-state index is 6.36. The van der Waals surface area contributed by atoms with Crippen molar-refractivity contribution in [1.82, 2.24) is 0 Å². The molecule has 0 atom stereocenters. The largest absolute Gasteiger partial charge is 0.489 e. The van der Waals surface area contributed by atoms with Gasteiger partial charge in [0.05, 0.1) is 0 Å². The van der Waals surface area contributed by atoms with Crippen LogP contribution in [0.3, 0.4) is 0 Å². The first-order valence-corrected chi connectivity index (χ1v) is 17.5. The number of nitrogens with zero attached hydrogens (tertiary/aromatic N) is 1. The Labute approximate surface area is 304 Å². The van der Waals surface area contributed by atoms with Crippen LogP contribution in [0.25, 0.3) is 50.2 Å². The third-order valence-corrected chi connectivity index (χ3v) is 9.76. The van der Waals surface area contributed by atoms with Gasteiger partial charge in [0.15, 0.2) is 0 Å². The van der Waals surface area contributed by atoms with Crippen molar-refractivity contribution in [3.05, 3.63) is 200 Å². The lowest BCUT2D eigenvalue weighted by atomic mass is 9.92. The minimum atomic E-state index is 0.499. The summed E-state index contributed by atoms with van der Waals surface area (Å²) in [4.78, 5) is 2.29. The molecule has 1 heterocycles. The van der Waals surface area contributed by atoms with Gasteiger partial charge in [0.25, 0.3) is 0 Å². The van der Waals surface area contributed by atoms with Crippen molar-refractivity contribution < 1.29 is 9.47 Å². The average Bonchev–Trinajstić information content (AvgIpc) is 3.22. The fraction of sp³-hybridized carbons (Fsp3) is 0.0204. The van der Waals surface area contributed by atoms with Crippen molar-refractivity contribution >= 4 is 33.9 Å². The predicted molar refractivity (Wildman–Crippen MR) is 216 cm³/mol. The van der Waals surface area contributed by atoms with Crippen molar-refractivity contribution in [3.8, 4) is 50.6 Å². The van der Waals surface area contributed by atoms with Crippen LogP contribution < -0.4 is 14.4 Å². The molecule has 0 saturated heterocycles. The first kappa shape index (κ1) is 31.2. The lowest BCUT2D eigenvalue weighted by molar-refractivity contribution is 0.306. The van der Waals surface area contributed by atoms with Gasteiger partial charge in [-0.2, -0.15) is 0 Å². The molecule has 0 aromatic heterocycles. The third-order valence-electron chi connectivity index (χ3n) is 9.76. The van der Waals surface area contributed by atoms with Crippen LogP contribution in [-0.2, 0) is 6.61 Å². The fourth-order valence-corrected chi connectivity index (χ4v) is 7.04. The topological polar surface area (TPSA) is 21.7 Å². The summed E-state index contributed by atoms with van der Waals surface area (Å²) in [7, 11) is 0. The van der Waals surface area contributed by atoms with Crippen LogP contribution in [0, 0.1) is 0 Å². The first-order valence-electron chi connectivity index (χ1n) is 17.5. The molecule has 9 rings (SSSR count). The highest BCUT2D eigenvalue weighted by Crippen LogP contribution is 2.47. The SMILES string of the molecule is C=Cc1ccc(COc2ccc(N(c3ccc(-c4ccccc4)cc3)c3ccc(-c4ccc5c(c4)-c4cccc6cccc(c46)O5)cc3)cc2)cc1. The van der Waals surface area contributed by atoms with Crippen molar-refractivity contribution in [2.75, 3.05) is 4.90 Å². The van der Waals surface area contributed by atoms with E-state index in [1.165, 1.54) is 22.1 Å². The molecule has 0 fully saturated rings. The molecular weight excluding hydrogens is 635 g/mol. The lowest BCUT2D eigenvalue weighted by Crippen LogP contribution is -2.10. The molecule has 0 radical (unpaired) electrons. The Kier molecular flexibility index (Phi) is 8.07. The standard InChI is InChI=1S/C49H35NO2/c1-2-34-14-16-35(17-15-34)33-51-44-29-27-43(28-30-44)50(41-23-18-37(19-24-41)36-8-4-3-5-9-36)42-25-20-38(21-26-42)40-22-31-47-46(32-40)45-12-6-10-39-11-7-13-48(52-47)49(39)45/h2-32H,1,33H2. The smallest absolute Gasteiger partial charge is 0.135 e. The molecule has 0 spiro atoms. The summed E-state index contributed by atoms with van der Waals surface area (Å²) >= 11 is 0. The summed E-state index contributed by atoms with van der Waals surface area (Å²) in [6.45, 7) is 4.34. The highest BCUT2D eigenvalue weighted by Gasteiger charge is 2.20. The Bertz CT molecular complexity index is 2510. The van der Waals surface area contributed by atoms with Crippen LogP contribution in [0.5, 0.6) is 17.2 Å². The molecule has 0 amide bonds. The van der Waals surface area contributed by atoms with E-state index in [1.807, 2.05) is 30.3 Å². The maximum Gasteiger partial charge on any atom is 0.135 e. The van der Waals surface area contributed by atoms with Crippen LogP contribution in [0.4, 0.5) is 17.1 Å². The quantitative estimate of drug-likeness (QED) is 0.153. The molecular formula is C49H35NO2. The van der Waals surface area contributed by atoms with Gasteiger partial charge in [0.2, 0.25) is 0 Å². The second-order valence-corrected chi connectivity index (χ2v) is 13.0. The molecule has 8 aromatic rings. The minimum absolute atomic E-state index is 0.499. The molecule has 248 valence electrons. The first-order chi connectivity index (χ1) is 25.7. The molecule has 0 saturated carbocycles. The molecule has 1 aliphatic heterocycles. The van der Waals surface area contributed by atoms with Crippen molar-refractivity contribution in [2.24, 2.45) is 0 Å². The normalized spacial score (nSPS) is 11.4. The van der Waals surface area contributed by atoms with Gasteiger partial charge in [-0.15, -0.1) is 0 Å². The monoisotopic (exact) mass is 669 g/mol. The van der Waals surface area contributed by atoms with Crippen molar-refractivity contribution in [1.29, 1.82) is 0 Å². The minimum Gasteiger partial charge on any atom is -0.489 e. The molecule has 0 unspecified atom stereocenters. The molecule has 8 aromatic carbocycles. The van der Waals surface area contributed by atoms with Crippen LogP contribution in [-0.4, -0.2) is 0 Å². The predicted octanol–water partition coefficient (Wildman–Crippen LogP) is 13.6. The van der Waals surface area contributed by atoms with Gasteiger partial charge in [-0.3, -0.25) is 0 Å². The van der Waals surface area contributed by atoms with E-state index in [0.29, 0.717) is 6.61 Å². The number of hydrogen-bond acceptors (Lipinski definition) is 3. The maximum atomic E-state index is 6.36. The van der Waals surface area contributed by atoms with Gasteiger partial charge in [-0.25, -0.2) is 0 Å². The summed E-state index contributed by atoms with van der Waals surface area (Å²) < 4.78 is 12.5. The Balaban J connectivity index is 1.03. The van der Waals surface area contributed by atoms with E-state index in [2.05, 4.69) is 169 Å². The number of ether oxygens (including phenoxy) is 2. The summed E-state index contributed by atoms with van der Waals surface area (Å²) in [6, 6.07) is 63.8. The molecule has 3 heteroatoms. The Morgan fingerprint density at radius 2 is 1.10 bits per heavy atom. The summed E-state index contributed by atoms with van der Waals surface area (Å²) in [6.07, 6.45) is 1.85. The van der Waals surface area contributed by atoms with Gasteiger partial charge in [-0.1, -0.05) is 128 Å². The average molecular weight is 670 g/mol. The Hall–Kier alpha value is -6.84. The molecule has 0 N–H and O–H groups in total. The molecule has 3 nitrogen and oxygen atoms in total. The second-order valence-electron chi connectivity index (χ2n) is 13.0.